The molecule has 7 rings (SSSR count). The molecule has 18 heteroatoms. The van der Waals surface area contributed by atoms with Crippen LogP contribution in [0.25, 0.3) is 44.7 Å². The number of H-pyrrole nitrogens is 1. The summed E-state index contributed by atoms with van der Waals surface area (Å²) in [6.45, 7) is 1.37. The third-order valence-corrected chi connectivity index (χ3v) is 10.9. The highest BCUT2D eigenvalue weighted by Gasteiger charge is 2.25. The van der Waals surface area contributed by atoms with E-state index in [1.54, 1.807) is 16.7 Å². The van der Waals surface area contributed by atoms with Crippen molar-refractivity contribution in [2.75, 3.05) is 32.7 Å². The Bertz CT molecular complexity index is 3000. The first-order valence-corrected chi connectivity index (χ1v) is 21.5. The van der Waals surface area contributed by atoms with Gasteiger partial charge in [-0.2, -0.15) is 4.98 Å². The molecule has 0 aliphatic heterocycles. The predicted molar refractivity (Wildman–Crippen MR) is 231 cm³/mol. The molecule has 0 spiro atoms. The van der Waals surface area contributed by atoms with Crippen molar-refractivity contribution in [1.29, 1.82) is 0 Å². The largest absolute Gasteiger partial charge is 0.465 e. The van der Waals surface area contributed by atoms with Crippen molar-refractivity contribution in [2.24, 2.45) is 0 Å². The lowest BCUT2D eigenvalue weighted by atomic mass is 9.95. The number of aromatic amines is 1. The first-order chi connectivity index (χ1) is 30.8. The molecule has 0 radical (unpaired) electrons. The van der Waals surface area contributed by atoms with Gasteiger partial charge < -0.3 is 18.9 Å². The molecule has 0 atom stereocenters. The Morgan fingerprint density at radius 2 is 1.50 bits per heavy atom. The van der Waals surface area contributed by atoms with Gasteiger partial charge in [-0.25, -0.2) is 27.5 Å². The third kappa shape index (κ3) is 10.2. The van der Waals surface area contributed by atoms with E-state index >= 15 is 0 Å². The molecule has 0 amide bonds. The minimum Gasteiger partial charge on any atom is -0.465 e. The molecule has 326 valence electrons. The molecule has 7 aromatic rings. The van der Waals surface area contributed by atoms with Crippen LogP contribution in [0.4, 0.5) is 4.39 Å². The molecule has 0 saturated carbocycles. The summed E-state index contributed by atoms with van der Waals surface area (Å²) < 4.78 is 62.5. The topological polar surface area (TPSA) is 212 Å². The van der Waals surface area contributed by atoms with Crippen molar-refractivity contribution in [3.63, 3.8) is 0 Å². The molecule has 0 fully saturated rings. The number of carbonyl (C=O) groups excluding carboxylic acids is 4. The second-order valence-electron chi connectivity index (χ2n) is 14.2. The maximum atomic E-state index is 14.5. The second-order valence-corrected chi connectivity index (χ2v) is 16.2. The number of imidazole rings is 1. The summed E-state index contributed by atoms with van der Waals surface area (Å²) in [6.07, 6.45) is 1.03. The average Bonchev–Trinajstić information content (AvgIpc) is 3.95. The molecule has 0 aliphatic carbocycles. The highest BCUT2D eigenvalue weighted by Crippen LogP contribution is 2.32. The van der Waals surface area contributed by atoms with Gasteiger partial charge in [-0.3, -0.25) is 14.2 Å². The number of rotatable bonds is 17. The van der Waals surface area contributed by atoms with Crippen molar-refractivity contribution < 1.29 is 50.9 Å². The fraction of sp³-hybridized carbons (Fsp3) is 0.174. The summed E-state index contributed by atoms with van der Waals surface area (Å²) in [5, 5.41) is 14.2. The Hall–Kier alpha value is -7.86. The monoisotopic (exact) mass is 886 g/mol. The minimum absolute atomic E-state index is 0.0139. The van der Waals surface area contributed by atoms with Crippen LogP contribution < -0.4 is 4.74 Å². The summed E-state index contributed by atoms with van der Waals surface area (Å²) in [5.74, 6) is -3.62. The SMILES string of the molecule is CCOc1nc2cccc(C(=O)OCC(=O)COC(=O)/C(=C(\COC(C)=O)c3ccc(S(C)(=O)=O)cc3)c3cccc(F)c3)c2n1Cc1ccc(-c2ccccc2-c2nnn[nH]2)cc1. The number of halogens is 1. The number of esters is 3. The normalized spacial score (nSPS) is 11.8. The number of fused-ring (bicyclic) bond motifs is 1. The Kier molecular flexibility index (Phi) is 13.4. The number of aromatic nitrogens is 6. The van der Waals surface area contributed by atoms with Crippen LogP contribution in [-0.2, 0) is 45.0 Å². The number of tetrazole rings is 1. The average molecular weight is 887 g/mol. The number of hydrogen-bond donors (Lipinski definition) is 1. The number of benzene rings is 5. The lowest BCUT2D eigenvalue weighted by Crippen LogP contribution is -2.22. The van der Waals surface area contributed by atoms with Crippen LogP contribution in [0.1, 0.15) is 40.9 Å². The van der Waals surface area contributed by atoms with Gasteiger partial charge in [0, 0.05) is 24.3 Å². The van der Waals surface area contributed by atoms with Crippen LogP contribution in [0.2, 0.25) is 0 Å². The number of para-hydroxylation sites is 1. The number of sulfone groups is 1. The summed E-state index contributed by atoms with van der Waals surface area (Å²) in [4.78, 5) is 57.2. The highest BCUT2D eigenvalue weighted by atomic mass is 32.2. The summed E-state index contributed by atoms with van der Waals surface area (Å²) in [7, 11) is -3.59. The van der Waals surface area contributed by atoms with Gasteiger partial charge in [0.15, 0.2) is 28.9 Å². The maximum Gasteiger partial charge on any atom is 0.340 e. The number of hydrogen-bond acceptors (Lipinski definition) is 14. The Labute approximate surface area is 365 Å². The zero-order chi connectivity index (χ0) is 45.4. The van der Waals surface area contributed by atoms with Crippen molar-refractivity contribution >= 4 is 55.7 Å². The lowest BCUT2D eigenvalue weighted by Gasteiger charge is -2.16. The van der Waals surface area contributed by atoms with Gasteiger partial charge in [0.25, 0.3) is 6.01 Å². The fourth-order valence-corrected chi connectivity index (χ4v) is 7.45. The fourth-order valence-electron chi connectivity index (χ4n) is 6.82. The highest BCUT2D eigenvalue weighted by molar-refractivity contribution is 7.90. The van der Waals surface area contributed by atoms with Crippen LogP contribution in [-0.4, -0.2) is 95.0 Å². The molecule has 2 heterocycles. The van der Waals surface area contributed by atoms with Gasteiger partial charge >= 0.3 is 17.9 Å². The summed E-state index contributed by atoms with van der Waals surface area (Å²) in [5.41, 5.74) is 4.52. The van der Waals surface area contributed by atoms with Gasteiger partial charge in [-0.05, 0) is 81.6 Å². The van der Waals surface area contributed by atoms with Crippen molar-refractivity contribution in [3.05, 3.63) is 143 Å². The zero-order valence-electron chi connectivity index (χ0n) is 34.6. The lowest BCUT2D eigenvalue weighted by molar-refractivity contribution is -0.143. The van der Waals surface area contributed by atoms with E-state index in [2.05, 4.69) is 25.6 Å². The zero-order valence-corrected chi connectivity index (χ0v) is 35.4. The molecule has 0 aliphatic rings. The maximum absolute atomic E-state index is 14.5. The molecule has 64 heavy (non-hydrogen) atoms. The van der Waals surface area contributed by atoms with Gasteiger partial charge in [0.05, 0.1) is 40.2 Å². The number of Topliss-reactive ketones (excluding diaryl/α,β-unsaturated/α-hetero) is 1. The molecule has 0 unspecified atom stereocenters. The van der Waals surface area contributed by atoms with E-state index < -0.39 is 59.2 Å². The van der Waals surface area contributed by atoms with Crippen molar-refractivity contribution in [2.45, 2.75) is 25.3 Å². The number of ketones is 1. The van der Waals surface area contributed by atoms with Crippen LogP contribution in [0.5, 0.6) is 6.01 Å². The molecule has 0 saturated heterocycles. The smallest absolute Gasteiger partial charge is 0.340 e. The van der Waals surface area contributed by atoms with E-state index in [0.29, 0.717) is 23.5 Å². The Morgan fingerprint density at radius 1 is 0.781 bits per heavy atom. The molecular weight excluding hydrogens is 848 g/mol. The van der Waals surface area contributed by atoms with Crippen LogP contribution in [0.15, 0.2) is 120 Å². The number of carbonyl (C=O) groups is 4. The van der Waals surface area contributed by atoms with Gasteiger partial charge in [0.2, 0.25) is 5.78 Å². The van der Waals surface area contributed by atoms with E-state index in [1.807, 2.05) is 55.5 Å². The predicted octanol–water partition coefficient (Wildman–Crippen LogP) is 6.32. The van der Waals surface area contributed by atoms with Crippen molar-refractivity contribution in [1.82, 2.24) is 30.2 Å². The summed E-state index contributed by atoms with van der Waals surface area (Å²) in [6, 6.07) is 31.0. The standard InChI is InChI=1S/C46H39FN6O10S/c1-4-60-46-48-40-14-8-13-38(42(40)53(46)24-29-15-17-30(18-16-29)36-11-5-6-12-37(36)43-49-51-52-50-43)44(56)62-25-34(55)26-63-45(57)41(32-9-7-10-33(47)23-32)39(27-61-28(2)54)31-19-21-35(22-20-31)64(3,58)59/h5-23H,4,24-27H2,1-3H3,(H,49,50,51,52)/b41-39+. The van der Waals surface area contributed by atoms with Crippen molar-refractivity contribution in [3.8, 4) is 28.5 Å². The molecule has 5 aromatic carbocycles. The van der Waals surface area contributed by atoms with E-state index in [-0.39, 0.29) is 45.3 Å². The van der Waals surface area contributed by atoms with Gasteiger partial charge in [-0.1, -0.05) is 78.9 Å². The quantitative estimate of drug-likeness (QED) is 0.0459. The third-order valence-electron chi connectivity index (χ3n) is 9.76. The first-order valence-electron chi connectivity index (χ1n) is 19.6. The van der Waals surface area contributed by atoms with E-state index in [9.17, 15) is 32.0 Å². The molecule has 2 aromatic heterocycles. The molecule has 1 N–H and O–H groups in total. The van der Waals surface area contributed by atoms with Gasteiger partial charge in [-0.15, -0.1) is 5.10 Å². The Balaban J connectivity index is 1.09. The number of nitrogens with zero attached hydrogens (tertiary/aromatic N) is 5. The number of ether oxygens (including phenoxy) is 4. The van der Waals surface area contributed by atoms with Crippen LogP contribution in [0, 0.1) is 5.82 Å². The minimum atomic E-state index is -3.59. The first kappa shape index (κ1) is 44.2. The van der Waals surface area contributed by atoms with Crippen LogP contribution in [0.3, 0.4) is 0 Å². The molecular formula is C46H39FN6O10S. The Morgan fingerprint density at radius 3 is 2.17 bits per heavy atom. The van der Waals surface area contributed by atoms with E-state index in [1.165, 1.54) is 42.5 Å². The summed E-state index contributed by atoms with van der Waals surface area (Å²) >= 11 is 0. The number of nitrogens with one attached hydrogen (secondary N) is 1. The van der Waals surface area contributed by atoms with E-state index in [4.69, 9.17) is 18.9 Å². The van der Waals surface area contributed by atoms with Gasteiger partial charge in [0.1, 0.15) is 12.4 Å². The van der Waals surface area contributed by atoms with Crippen LogP contribution >= 0.6 is 0 Å². The second kappa shape index (κ2) is 19.5. The molecule has 16 nitrogen and oxygen atoms in total. The van der Waals surface area contributed by atoms with E-state index in [0.717, 1.165) is 47.6 Å². The molecule has 0 bridgehead atoms.